The minimum absolute atomic E-state index is 0.383. The second kappa shape index (κ2) is 8.60. The molecule has 0 saturated carbocycles. The molecule has 7 heteroatoms. The number of benzene rings is 2. The fraction of sp³-hybridized carbons (Fsp3) is 0.200. The summed E-state index contributed by atoms with van der Waals surface area (Å²) in [7, 11) is 0. The van der Waals surface area contributed by atoms with Gasteiger partial charge in [-0.15, -0.1) is 0 Å². The molecule has 1 aliphatic heterocycles. The summed E-state index contributed by atoms with van der Waals surface area (Å²) in [6, 6.07) is 10.5. The summed E-state index contributed by atoms with van der Waals surface area (Å²) >= 11 is 5.88. The van der Waals surface area contributed by atoms with E-state index in [2.05, 4.69) is 5.32 Å². The van der Waals surface area contributed by atoms with E-state index < -0.39 is 11.9 Å². The van der Waals surface area contributed by atoms with E-state index in [0.29, 0.717) is 35.4 Å². The molecule has 0 saturated heterocycles. The molecule has 6 nitrogen and oxygen atoms in total. The molecule has 0 bridgehead atoms. The molecule has 0 radical (unpaired) electrons. The first-order valence-corrected chi connectivity index (χ1v) is 8.69. The molecular weight excluding hydrogens is 370 g/mol. The van der Waals surface area contributed by atoms with Gasteiger partial charge in [0, 0.05) is 16.8 Å². The molecule has 140 valence electrons. The van der Waals surface area contributed by atoms with E-state index in [0.717, 1.165) is 11.1 Å². The number of hydrogen-bond donors (Lipinski definition) is 1. The second-order valence-corrected chi connectivity index (χ2v) is 6.29. The van der Waals surface area contributed by atoms with Gasteiger partial charge in [0.1, 0.15) is 13.2 Å². The van der Waals surface area contributed by atoms with Gasteiger partial charge in [0.25, 0.3) is 5.91 Å². The average Bonchev–Trinajstić information content (AvgIpc) is 2.67. The first-order valence-electron chi connectivity index (χ1n) is 8.32. The number of nitrogens with one attached hydrogen (secondary N) is 1. The zero-order chi connectivity index (χ0) is 19.2. The standard InChI is InChI=1S/C20H18ClNO5/c1-13-10-15(21)4-5-16(13)22-19(23)12-27-20(24)7-3-14-2-6-17-18(11-14)26-9-8-25-17/h2-7,10-11H,8-9,12H2,1H3,(H,22,23)/b7-3+. The fourth-order valence-electron chi connectivity index (χ4n) is 2.47. The Bertz CT molecular complexity index is 894. The highest BCUT2D eigenvalue weighted by molar-refractivity contribution is 6.30. The van der Waals surface area contributed by atoms with Crippen LogP contribution in [0.15, 0.2) is 42.5 Å². The Morgan fingerprint density at radius 2 is 1.93 bits per heavy atom. The van der Waals surface area contributed by atoms with Gasteiger partial charge in [0.15, 0.2) is 18.1 Å². The lowest BCUT2D eigenvalue weighted by molar-refractivity contribution is -0.142. The topological polar surface area (TPSA) is 73.9 Å². The van der Waals surface area contributed by atoms with E-state index in [-0.39, 0.29) is 6.61 Å². The first-order chi connectivity index (χ1) is 13.0. The third-order valence-electron chi connectivity index (χ3n) is 3.79. The number of halogens is 1. The normalized spacial score (nSPS) is 12.7. The van der Waals surface area contributed by atoms with E-state index >= 15 is 0 Å². The third-order valence-corrected chi connectivity index (χ3v) is 4.02. The summed E-state index contributed by atoms with van der Waals surface area (Å²) in [5.74, 6) is 0.263. The highest BCUT2D eigenvalue weighted by Gasteiger charge is 2.11. The van der Waals surface area contributed by atoms with Crippen LogP contribution in [0.3, 0.4) is 0 Å². The molecule has 3 rings (SSSR count). The number of esters is 1. The molecule has 2 aromatic rings. The fourth-order valence-corrected chi connectivity index (χ4v) is 2.69. The Labute approximate surface area is 161 Å². The third kappa shape index (κ3) is 5.24. The van der Waals surface area contributed by atoms with Gasteiger partial charge in [-0.3, -0.25) is 4.79 Å². The van der Waals surface area contributed by atoms with E-state index in [4.69, 9.17) is 25.8 Å². The van der Waals surface area contributed by atoms with Crippen molar-refractivity contribution < 1.29 is 23.8 Å². The zero-order valence-electron chi connectivity index (χ0n) is 14.7. The summed E-state index contributed by atoms with van der Waals surface area (Å²) in [4.78, 5) is 23.7. The van der Waals surface area contributed by atoms with Crippen molar-refractivity contribution in [2.24, 2.45) is 0 Å². The Hall–Kier alpha value is -2.99. The molecule has 0 fully saturated rings. The number of ether oxygens (including phenoxy) is 3. The maximum absolute atomic E-state index is 11.9. The number of rotatable bonds is 5. The summed E-state index contributed by atoms with van der Waals surface area (Å²) in [5, 5.41) is 3.26. The van der Waals surface area contributed by atoms with Crippen LogP contribution in [-0.2, 0) is 14.3 Å². The first kappa shape index (κ1) is 18.8. The molecular formula is C20H18ClNO5. The second-order valence-electron chi connectivity index (χ2n) is 5.85. The number of fused-ring (bicyclic) bond motifs is 1. The molecule has 1 amide bonds. The van der Waals surface area contributed by atoms with Crippen molar-refractivity contribution in [2.75, 3.05) is 25.1 Å². The molecule has 27 heavy (non-hydrogen) atoms. The van der Waals surface area contributed by atoms with Crippen LogP contribution in [0.4, 0.5) is 5.69 Å². The number of carbonyl (C=O) groups is 2. The van der Waals surface area contributed by atoms with Crippen molar-refractivity contribution >= 4 is 35.2 Å². The number of carbonyl (C=O) groups excluding carboxylic acids is 2. The smallest absolute Gasteiger partial charge is 0.331 e. The van der Waals surface area contributed by atoms with Gasteiger partial charge in [-0.1, -0.05) is 17.7 Å². The lowest BCUT2D eigenvalue weighted by atomic mass is 10.2. The van der Waals surface area contributed by atoms with E-state index in [1.54, 1.807) is 42.5 Å². The van der Waals surface area contributed by atoms with Crippen LogP contribution in [0, 0.1) is 6.92 Å². The molecule has 0 aliphatic carbocycles. The van der Waals surface area contributed by atoms with Crippen LogP contribution in [0.2, 0.25) is 5.02 Å². The Kier molecular flexibility index (Phi) is 5.98. The van der Waals surface area contributed by atoms with Gasteiger partial charge < -0.3 is 19.5 Å². The molecule has 0 atom stereocenters. The van der Waals surface area contributed by atoms with Crippen LogP contribution in [0.5, 0.6) is 11.5 Å². The minimum Gasteiger partial charge on any atom is -0.486 e. The molecule has 1 aliphatic rings. The monoisotopic (exact) mass is 387 g/mol. The van der Waals surface area contributed by atoms with E-state index in [1.165, 1.54) is 6.08 Å². The van der Waals surface area contributed by atoms with Crippen molar-refractivity contribution in [2.45, 2.75) is 6.92 Å². The Morgan fingerprint density at radius 3 is 2.70 bits per heavy atom. The number of hydrogen-bond acceptors (Lipinski definition) is 5. The van der Waals surface area contributed by atoms with Gasteiger partial charge in [-0.25, -0.2) is 4.79 Å². The molecule has 1 N–H and O–H groups in total. The predicted molar refractivity (Wildman–Crippen MR) is 102 cm³/mol. The average molecular weight is 388 g/mol. The number of anilines is 1. The largest absolute Gasteiger partial charge is 0.486 e. The number of amides is 1. The highest BCUT2D eigenvalue weighted by atomic mass is 35.5. The quantitative estimate of drug-likeness (QED) is 0.626. The molecule has 2 aromatic carbocycles. The van der Waals surface area contributed by atoms with Crippen molar-refractivity contribution in [3.05, 3.63) is 58.6 Å². The summed E-state index contributed by atoms with van der Waals surface area (Å²) in [5.41, 5.74) is 2.20. The Balaban J connectivity index is 1.50. The van der Waals surface area contributed by atoms with Crippen LogP contribution >= 0.6 is 11.6 Å². The number of aryl methyl sites for hydroxylation is 1. The summed E-state index contributed by atoms with van der Waals surface area (Å²) in [6.07, 6.45) is 2.84. The van der Waals surface area contributed by atoms with Crippen LogP contribution in [-0.4, -0.2) is 31.7 Å². The predicted octanol–water partition coefficient (Wildman–Crippen LogP) is 3.61. The van der Waals surface area contributed by atoms with Crippen LogP contribution < -0.4 is 14.8 Å². The SMILES string of the molecule is Cc1cc(Cl)ccc1NC(=O)COC(=O)/C=C/c1ccc2c(c1)OCCO2. The van der Waals surface area contributed by atoms with Crippen LogP contribution in [0.1, 0.15) is 11.1 Å². The lowest BCUT2D eigenvalue weighted by Gasteiger charge is -2.18. The Morgan fingerprint density at radius 1 is 1.15 bits per heavy atom. The lowest BCUT2D eigenvalue weighted by Crippen LogP contribution is -2.20. The van der Waals surface area contributed by atoms with E-state index in [9.17, 15) is 9.59 Å². The molecule has 0 unspecified atom stereocenters. The van der Waals surface area contributed by atoms with Crippen molar-refractivity contribution in [3.8, 4) is 11.5 Å². The molecule has 0 spiro atoms. The molecule has 1 heterocycles. The van der Waals surface area contributed by atoms with Gasteiger partial charge in [0.05, 0.1) is 0 Å². The van der Waals surface area contributed by atoms with Gasteiger partial charge in [0.2, 0.25) is 0 Å². The zero-order valence-corrected chi connectivity index (χ0v) is 15.4. The summed E-state index contributed by atoms with van der Waals surface area (Å²) < 4.78 is 15.9. The maximum atomic E-state index is 11.9. The highest BCUT2D eigenvalue weighted by Crippen LogP contribution is 2.31. The summed E-state index contributed by atoms with van der Waals surface area (Å²) in [6.45, 7) is 2.45. The van der Waals surface area contributed by atoms with E-state index in [1.807, 2.05) is 6.92 Å². The van der Waals surface area contributed by atoms with Crippen molar-refractivity contribution in [1.82, 2.24) is 0 Å². The van der Waals surface area contributed by atoms with Crippen molar-refractivity contribution in [3.63, 3.8) is 0 Å². The van der Waals surface area contributed by atoms with Gasteiger partial charge in [-0.2, -0.15) is 0 Å². The minimum atomic E-state index is -0.618. The molecule has 0 aromatic heterocycles. The van der Waals surface area contributed by atoms with Gasteiger partial charge >= 0.3 is 5.97 Å². The van der Waals surface area contributed by atoms with Gasteiger partial charge in [-0.05, 0) is 54.5 Å². The van der Waals surface area contributed by atoms with Crippen molar-refractivity contribution in [1.29, 1.82) is 0 Å². The van der Waals surface area contributed by atoms with Crippen LogP contribution in [0.25, 0.3) is 6.08 Å². The maximum Gasteiger partial charge on any atom is 0.331 e.